The second-order valence-electron chi connectivity index (χ2n) is 18.1. The number of anilines is 6. The predicted molar refractivity (Wildman–Crippen MR) is 249 cm³/mol. The highest BCUT2D eigenvalue weighted by atomic mass is 32.2. The van der Waals surface area contributed by atoms with Crippen molar-refractivity contribution in [3.05, 3.63) is 208 Å². The Bertz CT molecular complexity index is 3410. The molecule has 9 aliphatic rings. The lowest BCUT2D eigenvalue weighted by Gasteiger charge is -2.57. The van der Waals surface area contributed by atoms with E-state index in [0.29, 0.717) is 0 Å². The molecule has 0 N–H and O–H groups in total. The van der Waals surface area contributed by atoms with E-state index in [1.54, 1.807) is 0 Å². The van der Waals surface area contributed by atoms with Crippen molar-refractivity contribution < 1.29 is 18.9 Å². The van der Waals surface area contributed by atoms with Gasteiger partial charge in [-0.3, -0.25) is 9.80 Å². The lowest BCUT2D eigenvalue weighted by atomic mass is 9.25. The topological polar surface area (TPSA) is 43.4 Å². The molecular formula is C56H27BN2O4S. The summed E-state index contributed by atoms with van der Waals surface area (Å²) in [4.78, 5) is 7.48. The van der Waals surface area contributed by atoms with Crippen LogP contribution in [0.25, 0.3) is 0 Å². The number of rotatable bonds is 0. The molecule has 0 saturated carbocycles. The number of ether oxygens (including phenoxy) is 4. The molecular weight excluding hydrogens is 808 g/mol. The van der Waals surface area contributed by atoms with E-state index in [9.17, 15) is 0 Å². The predicted octanol–water partition coefficient (Wildman–Crippen LogP) is 12.0. The van der Waals surface area contributed by atoms with Crippen molar-refractivity contribution >= 4 is 69.0 Å². The Balaban J connectivity index is 1.04. The molecule has 9 heterocycles. The summed E-state index contributed by atoms with van der Waals surface area (Å²) in [5.74, 6) is 6.57. The standard InChI is InChI=1S/C56H27BN2O4S/c1-10-28-46-29(11-1)56(34-16-4-20-38-51(34)59-52-35(56)17-5-21-39(52)63-43-25-9-24-42(62-38)54(43)59)31-13-7-27-45-48(31)57(46)47-30(12-6-26-44(47)64-45)55(28)32-14-2-18-36-49(32)58-50-33(55)15-3-19-37(50)61-41-23-8-22-40(60-36)53(41)58/h1-27H. The van der Waals surface area contributed by atoms with Crippen LogP contribution in [0.3, 0.4) is 0 Å². The Morgan fingerprint density at radius 1 is 0.297 bits per heavy atom. The minimum absolute atomic E-state index is 0.00466. The van der Waals surface area contributed by atoms with Crippen molar-refractivity contribution in [2.45, 2.75) is 20.6 Å². The van der Waals surface area contributed by atoms with E-state index in [1.807, 2.05) is 23.9 Å². The summed E-state index contributed by atoms with van der Waals surface area (Å²) in [5, 5.41) is 0. The van der Waals surface area contributed by atoms with Crippen LogP contribution in [0, 0.1) is 0 Å². The van der Waals surface area contributed by atoms with Gasteiger partial charge < -0.3 is 18.9 Å². The fraction of sp³-hybridized carbons (Fsp3) is 0.0357. The zero-order valence-corrected chi connectivity index (χ0v) is 34.4. The van der Waals surface area contributed by atoms with Gasteiger partial charge in [0.05, 0.1) is 33.6 Å². The summed E-state index contributed by atoms with van der Waals surface area (Å²) in [6.07, 6.45) is 0. The fourth-order valence-electron chi connectivity index (χ4n) is 13.8. The van der Waals surface area contributed by atoms with Gasteiger partial charge in [0.25, 0.3) is 0 Å². The average molecular weight is 835 g/mol. The lowest BCUT2D eigenvalue weighted by molar-refractivity contribution is 0.440. The first-order valence-electron chi connectivity index (χ1n) is 21.9. The molecule has 64 heavy (non-hydrogen) atoms. The first kappa shape index (κ1) is 32.0. The lowest BCUT2D eigenvalue weighted by Crippen LogP contribution is -2.70. The SMILES string of the molecule is c1cc2c3c(c1)Oc1cccc4c1N3c1c(cccc1C41c3cccc4c3B3c5c(cccc5C5(c6cccc1c63)c1cccc3c1N1c6c(cccc6Oc6cccc5c61)O3)S4)O2. The highest BCUT2D eigenvalue weighted by Gasteiger charge is 2.63. The third kappa shape index (κ3) is 3.11. The van der Waals surface area contributed by atoms with Crippen molar-refractivity contribution in [3.63, 3.8) is 0 Å². The Hall–Kier alpha value is -7.81. The van der Waals surface area contributed by atoms with Crippen molar-refractivity contribution in [2.75, 3.05) is 9.80 Å². The summed E-state index contributed by atoms with van der Waals surface area (Å²) < 4.78 is 27.6. The first-order chi connectivity index (χ1) is 31.7. The minimum Gasteiger partial charge on any atom is -0.453 e. The number of hydrogen-bond donors (Lipinski definition) is 0. The van der Waals surface area contributed by atoms with Crippen LogP contribution < -0.4 is 45.1 Å². The van der Waals surface area contributed by atoms with Crippen LogP contribution >= 0.6 is 11.8 Å². The van der Waals surface area contributed by atoms with Gasteiger partial charge >= 0.3 is 0 Å². The zero-order chi connectivity index (χ0) is 40.9. The third-order valence-electron chi connectivity index (χ3n) is 15.7. The molecule has 2 spiro atoms. The summed E-state index contributed by atoms with van der Waals surface area (Å²) in [6, 6.07) is 60.2. The van der Waals surface area contributed by atoms with Gasteiger partial charge in [-0.2, -0.15) is 0 Å². The first-order valence-corrected chi connectivity index (χ1v) is 22.8. The van der Waals surface area contributed by atoms with Crippen LogP contribution in [-0.2, 0) is 10.8 Å². The van der Waals surface area contributed by atoms with E-state index in [4.69, 9.17) is 18.9 Å². The van der Waals surface area contributed by atoms with E-state index in [-0.39, 0.29) is 6.71 Å². The van der Waals surface area contributed by atoms with Gasteiger partial charge in [0, 0.05) is 9.79 Å². The zero-order valence-electron chi connectivity index (χ0n) is 33.6. The third-order valence-corrected chi connectivity index (χ3v) is 16.8. The van der Waals surface area contributed by atoms with Gasteiger partial charge in [-0.25, -0.2) is 0 Å². The van der Waals surface area contributed by atoms with Gasteiger partial charge in [0.2, 0.25) is 6.71 Å². The van der Waals surface area contributed by atoms with Gasteiger partial charge in [0.15, 0.2) is 46.0 Å². The summed E-state index contributed by atoms with van der Waals surface area (Å²) in [7, 11) is 0. The molecule has 9 aromatic rings. The molecule has 294 valence electrons. The van der Waals surface area contributed by atoms with E-state index < -0.39 is 10.8 Å². The van der Waals surface area contributed by atoms with Crippen molar-refractivity contribution in [1.82, 2.24) is 0 Å². The average Bonchev–Trinajstić information content (AvgIpc) is 3.33. The fourth-order valence-corrected chi connectivity index (χ4v) is 15.0. The molecule has 0 unspecified atom stereocenters. The van der Waals surface area contributed by atoms with Crippen molar-refractivity contribution in [2.24, 2.45) is 0 Å². The molecule has 0 amide bonds. The Morgan fingerprint density at radius 3 is 0.922 bits per heavy atom. The number of nitrogens with zero attached hydrogens (tertiary/aromatic N) is 2. The quantitative estimate of drug-likeness (QED) is 0.141. The summed E-state index contributed by atoms with van der Waals surface area (Å²) in [5.41, 5.74) is 18.8. The molecule has 0 fully saturated rings. The van der Waals surface area contributed by atoms with E-state index >= 15 is 0 Å². The smallest absolute Gasteiger partial charge is 0.245 e. The molecule has 0 saturated heterocycles. The Morgan fingerprint density at radius 2 is 0.562 bits per heavy atom. The molecule has 18 rings (SSSR count). The molecule has 0 radical (unpaired) electrons. The van der Waals surface area contributed by atoms with Crippen LogP contribution in [0.2, 0.25) is 0 Å². The number of para-hydroxylation sites is 6. The summed E-state index contributed by atoms with van der Waals surface area (Å²) in [6.45, 7) is -0.00466. The van der Waals surface area contributed by atoms with Crippen LogP contribution in [0.5, 0.6) is 46.0 Å². The number of fused-ring (bicyclic) bond motifs is 8. The molecule has 6 nitrogen and oxygen atoms in total. The van der Waals surface area contributed by atoms with Gasteiger partial charge in [0.1, 0.15) is 11.4 Å². The van der Waals surface area contributed by atoms with Gasteiger partial charge in [-0.1, -0.05) is 131 Å². The maximum atomic E-state index is 6.91. The van der Waals surface area contributed by atoms with Crippen LogP contribution in [-0.4, -0.2) is 6.71 Å². The number of hydrogen-bond acceptors (Lipinski definition) is 7. The van der Waals surface area contributed by atoms with Gasteiger partial charge in [-0.15, -0.1) is 0 Å². The summed E-state index contributed by atoms with van der Waals surface area (Å²) >= 11 is 1.91. The second-order valence-corrected chi connectivity index (χ2v) is 19.2. The van der Waals surface area contributed by atoms with Gasteiger partial charge in [-0.05, 0) is 105 Å². The maximum Gasteiger partial charge on any atom is 0.245 e. The molecule has 0 atom stereocenters. The van der Waals surface area contributed by atoms with Crippen LogP contribution in [0.15, 0.2) is 174 Å². The van der Waals surface area contributed by atoms with Crippen LogP contribution in [0.1, 0.15) is 44.5 Å². The van der Waals surface area contributed by atoms with Crippen molar-refractivity contribution in [1.29, 1.82) is 0 Å². The molecule has 0 bridgehead atoms. The maximum absolute atomic E-state index is 6.91. The molecule has 8 heteroatoms. The van der Waals surface area contributed by atoms with Crippen LogP contribution in [0.4, 0.5) is 34.1 Å². The largest absolute Gasteiger partial charge is 0.453 e. The highest BCUT2D eigenvalue weighted by Crippen LogP contribution is 2.72. The highest BCUT2D eigenvalue weighted by molar-refractivity contribution is 8.00. The molecule has 9 aliphatic heterocycles. The van der Waals surface area contributed by atoms with Crippen molar-refractivity contribution in [3.8, 4) is 46.0 Å². The second kappa shape index (κ2) is 10.2. The number of benzene rings is 9. The Labute approximate surface area is 370 Å². The van der Waals surface area contributed by atoms with E-state index in [2.05, 4.69) is 161 Å². The molecule has 9 aromatic carbocycles. The minimum atomic E-state index is -0.741. The molecule has 0 aromatic heterocycles. The normalized spacial score (nSPS) is 17.0. The van der Waals surface area contributed by atoms with E-state index in [1.165, 1.54) is 70.7 Å². The monoisotopic (exact) mass is 834 g/mol. The van der Waals surface area contributed by atoms with E-state index in [0.717, 1.165) is 80.1 Å². The Kier molecular flexibility index (Phi) is 5.08. The molecule has 0 aliphatic carbocycles.